The molecule has 0 atom stereocenters. The number of fused-ring (bicyclic) bond motifs is 1. The second-order valence-corrected chi connectivity index (χ2v) is 4.46. The van der Waals surface area contributed by atoms with Gasteiger partial charge in [0.15, 0.2) is 0 Å². The van der Waals surface area contributed by atoms with Crippen LogP contribution >= 0.6 is 0 Å². The topological polar surface area (TPSA) is 45.9 Å². The Kier molecular flexibility index (Phi) is 3.30. The van der Waals surface area contributed by atoms with Crippen molar-refractivity contribution >= 4 is 10.8 Å². The highest BCUT2D eigenvalue weighted by Crippen LogP contribution is 2.24. The summed E-state index contributed by atoms with van der Waals surface area (Å²) in [6.07, 6.45) is 3.54. The lowest BCUT2D eigenvalue weighted by atomic mass is 10.1. The summed E-state index contributed by atoms with van der Waals surface area (Å²) in [6, 6.07) is 17.5. The van der Waals surface area contributed by atoms with E-state index in [4.69, 9.17) is 10.00 Å². The number of benzene rings is 2. The van der Waals surface area contributed by atoms with Crippen molar-refractivity contribution in [3.63, 3.8) is 0 Å². The molecule has 0 saturated carbocycles. The van der Waals surface area contributed by atoms with Crippen LogP contribution in [0.2, 0.25) is 0 Å². The van der Waals surface area contributed by atoms with E-state index in [1.807, 2.05) is 48.7 Å². The van der Waals surface area contributed by atoms with Crippen LogP contribution < -0.4 is 4.74 Å². The van der Waals surface area contributed by atoms with Crippen molar-refractivity contribution in [3.8, 4) is 11.8 Å². The van der Waals surface area contributed by atoms with Gasteiger partial charge in [0.25, 0.3) is 0 Å². The minimum absolute atomic E-state index is 0.422. The van der Waals surface area contributed by atoms with Gasteiger partial charge in [0.05, 0.1) is 17.8 Å². The van der Waals surface area contributed by atoms with E-state index in [0.717, 1.165) is 22.1 Å². The summed E-state index contributed by atoms with van der Waals surface area (Å²) in [5, 5.41) is 11.0. The lowest BCUT2D eigenvalue weighted by molar-refractivity contribution is 0.309. The third-order valence-electron chi connectivity index (χ3n) is 3.08. The molecule has 0 fully saturated rings. The van der Waals surface area contributed by atoms with Crippen molar-refractivity contribution in [1.82, 2.24) is 4.98 Å². The largest absolute Gasteiger partial charge is 0.487 e. The maximum atomic E-state index is 8.89. The van der Waals surface area contributed by atoms with Crippen molar-refractivity contribution in [3.05, 3.63) is 72.1 Å². The van der Waals surface area contributed by atoms with Crippen molar-refractivity contribution in [2.45, 2.75) is 6.61 Å². The molecule has 3 rings (SSSR count). The second kappa shape index (κ2) is 5.41. The predicted molar refractivity (Wildman–Crippen MR) is 77.2 cm³/mol. The van der Waals surface area contributed by atoms with Crippen molar-refractivity contribution in [1.29, 1.82) is 5.26 Å². The van der Waals surface area contributed by atoms with Crippen LogP contribution in [-0.2, 0) is 6.61 Å². The fourth-order valence-corrected chi connectivity index (χ4v) is 2.10. The van der Waals surface area contributed by atoms with E-state index in [-0.39, 0.29) is 0 Å². The van der Waals surface area contributed by atoms with Crippen LogP contribution in [0, 0.1) is 11.3 Å². The first kappa shape index (κ1) is 12.2. The van der Waals surface area contributed by atoms with Gasteiger partial charge in [0.1, 0.15) is 12.4 Å². The smallest absolute Gasteiger partial charge is 0.145 e. The molecule has 3 aromatic rings. The monoisotopic (exact) mass is 260 g/mol. The summed E-state index contributed by atoms with van der Waals surface area (Å²) in [7, 11) is 0. The minimum atomic E-state index is 0.422. The summed E-state index contributed by atoms with van der Waals surface area (Å²) < 4.78 is 5.83. The molecule has 96 valence electrons. The van der Waals surface area contributed by atoms with E-state index in [9.17, 15) is 0 Å². The first-order valence-electron chi connectivity index (χ1n) is 6.31. The van der Waals surface area contributed by atoms with E-state index in [2.05, 4.69) is 11.1 Å². The zero-order chi connectivity index (χ0) is 13.8. The van der Waals surface area contributed by atoms with Crippen molar-refractivity contribution in [2.24, 2.45) is 0 Å². The molecule has 0 unspecified atom stereocenters. The van der Waals surface area contributed by atoms with Crippen LogP contribution in [0.3, 0.4) is 0 Å². The SMILES string of the molecule is N#Cc1cccc(COc2cncc3ccccc23)c1. The average molecular weight is 260 g/mol. The molecular weight excluding hydrogens is 248 g/mol. The van der Waals surface area contributed by atoms with Gasteiger partial charge < -0.3 is 4.74 Å². The molecule has 0 aliphatic heterocycles. The molecule has 3 nitrogen and oxygen atoms in total. The molecule has 1 heterocycles. The van der Waals surface area contributed by atoms with E-state index in [0.29, 0.717) is 12.2 Å². The molecule has 3 heteroatoms. The minimum Gasteiger partial charge on any atom is -0.487 e. The van der Waals surface area contributed by atoms with Gasteiger partial charge in [-0.2, -0.15) is 5.26 Å². The molecule has 0 radical (unpaired) electrons. The molecule has 2 aromatic carbocycles. The Bertz CT molecular complexity index is 785. The number of nitriles is 1. The Morgan fingerprint density at radius 1 is 1.05 bits per heavy atom. The average Bonchev–Trinajstić information content (AvgIpc) is 2.53. The van der Waals surface area contributed by atoms with Gasteiger partial charge in [0, 0.05) is 17.0 Å². The fraction of sp³-hybridized carbons (Fsp3) is 0.0588. The number of hydrogen-bond donors (Lipinski definition) is 0. The van der Waals surface area contributed by atoms with E-state index >= 15 is 0 Å². The van der Waals surface area contributed by atoms with Gasteiger partial charge in [-0.05, 0) is 17.7 Å². The normalized spacial score (nSPS) is 10.2. The molecule has 1 aromatic heterocycles. The molecule has 20 heavy (non-hydrogen) atoms. The number of hydrogen-bond acceptors (Lipinski definition) is 3. The summed E-state index contributed by atoms with van der Waals surface area (Å²) in [4.78, 5) is 4.18. The Morgan fingerprint density at radius 2 is 1.95 bits per heavy atom. The number of aromatic nitrogens is 1. The van der Waals surface area contributed by atoms with Crippen LogP contribution in [0.25, 0.3) is 10.8 Å². The summed E-state index contributed by atoms with van der Waals surface area (Å²) in [5.74, 6) is 0.755. The predicted octanol–water partition coefficient (Wildman–Crippen LogP) is 3.69. The summed E-state index contributed by atoms with van der Waals surface area (Å²) >= 11 is 0. The third-order valence-corrected chi connectivity index (χ3v) is 3.08. The lowest BCUT2D eigenvalue weighted by Crippen LogP contribution is -1.97. The molecule has 0 aliphatic carbocycles. The van der Waals surface area contributed by atoms with Crippen LogP contribution in [0.4, 0.5) is 0 Å². The molecule has 0 N–H and O–H groups in total. The fourth-order valence-electron chi connectivity index (χ4n) is 2.10. The molecule has 0 aliphatic rings. The molecular formula is C17H12N2O. The first-order chi connectivity index (χ1) is 9.86. The highest BCUT2D eigenvalue weighted by Gasteiger charge is 2.03. The Balaban J connectivity index is 1.85. The second-order valence-electron chi connectivity index (χ2n) is 4.46. The highest BCUT2D eigenvalue weighted by molar-refractivity contribution is 5.87. The molecule has 0 amide bonds. The Labute approximate surface area is 117 Å². The third kappa shape index (κ3) is 2.45. The van der Waals surface area contributed by atoms with Crippen molar-refractivity contribution in [2.75, 3.05) is 0 Å². The number of ether oxygens (including phenoxy) is 1. The highest BCUT2D eigenvalue weighted by atomic mass is 16.5. The number of nitrogens with zero attached hydrogens (tertiary/aromatic N) is 2. The van der Waals surface area contributed by atoms with Crippen LogP contribution in [0.1, 0.15) is 11.1 Å². The summed E-state index contributed by atoms with van der Waals surface area (Å²) in [6.45, 7) is 0.422. The van der Waals surface area contributed by atoms with Crippen LogP contribution in [-0.4, -0.2) is 4.98 Å². The quantitative estimate of drug-likeness (QED) is 0.721. The Hall–Kier alpha value is -2.86. The maximum absolute atomic E-state index is 8.89. The van der Waals surface area contributed by atoms with Gasteiger partial charge in [-0.25, -0.2) is 0 Å². The van der Waals surface area contributed by atoms with Crippen LogP contribution in [0.15, 0.2) is 60.9 Å². The Morgan fingerprint density at radius 3 is 2.85 bits per heavy atom. The van der Waals surface area contributed by atoms with Gasteiger partial charge in [-0.1, -0.05) is 36.4 Å². The van der Waals surface area contributed by atoms with Crippen LogP contribution in [0.5, 0.6) is 5.75 Å². The summed E-state index contributed by atoms with van der Waals surface area (Å²) in [5.41, 5.74) is 1.61. The standard InChI is InChI=1S/C17H12N2O/c18-9-13-4-3-5-14(8-13)12-20-17-11-19-10-15-6-1-2-7-16(15)17/h1-8,10-11H,12H2. The molecule has 0 spiro atoms. The van der Waals surface area contributed by atoms with Gasteiger partial charge in [-0.15, -0.1) is 0 Å². The first-order valence-corrected chi connectivity index (χ1v) is 6.31. The van der Waals surface area contributed by atoms with Gasteiger partial charge in [0.2, 0.25) is 0 Å². The van der Waals surface area contributed by atoms with Crippen molar-refractivity contribution < 1.29 is 4.74 Å². The number of rotatable bonds is 3. The van der Waals surface area contributed by atoms with E-state index in [1.54, 1.807) is 12.3 Å². The zero-order valence-corrected chi connectivity index (χ0v) is 10.8. The van der Waals surface area contributed by atoms with E-state index in [1.165, 1.54) is 0 Å². The molecule has 0 saturated heterocycles. The van der Waals surface area contributed by atoms with Gasteiger partial charge >= 0.3 is 0 Å². The maximum Gasteiger partial charge on any atom is 0.145 e. The van der Waals surface area contributed by atoms with Gasteiger partial charge in [-0.3, -0.25) is 4.98 Å². The number of pyridine rings is 1. The van der Waals surface area contributed by atoms with E-state index < -0.39 is 0 Å². The zero-order valence-electron chi connectivity index (χ0n) is 10.8. The lowest BCUT2D eigenvalue weighted by Gasteiger charge is -2.09. The molecule has 0 bridgehead atoms.